The number of ether oxygens (including phenoxy) is 1. The van der Waals surface area contributed by atoms with E-state index in [4.69, 9.17) is 10.5 Å². The number of para-hydroxylation sites is 2. The minimum atomic E-state index is -4.50. The number of nitrogens with zero attached hydrogens (tertiary/aromatic N) is 1. The van der Waals surface area contributed by atoms with E-state index in [0.29, 0.717) is 48.8 Å². The molecule has 3 aromatic carbocycles. The maximum absolute atomic E-state index is 13.3. The number of hydrogen-bond acceptors (Lipinski definition) is 6. The van der Waals surface area contributed by atoms with Gasteiger partial charge in [0, 0.05) is 24.9 Å². The van der Waals surface area contributed by atoms with Crippen molar-refractivity contribution in [3.63, 3.8) is 0 Å². The number of morpholine rings is 1. The highest BCUT2D eigenvalue weighted by Crippen LogP contribution is 2.30. The fourth-order valence-corrected chi connectivity index (χ4v) is 4.19. The first-order chi connectivity index (χ1) is 20.1. The number of anilines is 3. The average molecular weight is 582 g/mol. The molecule has 0 aliphatic carbocycles. The zero-order valence-corrected chi connectivity index (χ0v) is 22.5. The van der Waals surface area contributed by atoms with Crippen LogP contribution in [0.2, 0.25) is 0 Å². The third-order valence-corrected chi connectivity index (χ3v) is 6.48. The second-order valence-electron chi connectivity index (χ2n) is 9.45. The lowest BCUT2D eigenvalue weighted by atomic mass is 10.0. The van der Waals surface area contributed by atoms with Gasteiger partial charge in [-0.05, 0) is 53.6 Å². The number of carbonyl (C=O) groups excluding carboxylic acids is 3. The molecule has 0 spiro atoms. The van der Waals surface area contributed by atoms with Gasteiger partial charge in [-0.3, -0.25) is 19.7 Å². The summed E-state index contributed by atoms with van der Waals surface area (Å²) >= 11 is 0. The van der Waals surface area contributed by atoms with Crippen LogP contribution in [0, 0.1) is 0 Å². The molecule has 12 heteroatoms. The second-order valence-corrected chi connectivity index (χ2v) is 9.45. The predicted molar refractivity (Wildman–Crippen MR) is 153 cm³/mol. The van der Waals surface area contributed by atoms with E-state index in [2.05, 4.69) is 16.0 Å². The van der Waals surface area contributed by atoms with Crippen LogP contribution in [0.4, 0.5) is 30.2 Å². The van der Waals surface area contributed by atoms with E-state index in [1.807, 2.05) is 0 Å². The summed E-state index contributed by atoms with van der Waals surface area (Å²) in [5, 5.41) is 8.28. The monoisotopic (exact) mass is 581 g/mol. The molecule has 1 fully saturated rings. The van der Waals surface area contributed by atoms with Gasteiger partial charge in [0.05, 0.1) is 36.7 Å². The summed E-state index contributed by atoms with van der Waals surface area (Å²) in [5.74, 6) is -1.16. The van der Waals surface area contributed by atoms with Crippen molar-refractivity contribution in [1.82, 2.24) is 10.2 Å². The molecule has 5 N–H and O–H groups in total. The fourth-order valence-electron chi connectivity index (χ4n) is 4.19. The Morgan fingerprint density at radius 3 is 2.24 bits per heavy atom. The van der Waals surface area contributed by atoms with E-state index in [1.54, 1.807) is 59.5 Å². The molecule has 1 atom stereocenters. The van der Waals surface area contributed by atoms with Crippen molar-refractivity contribution < 1.29 is 32.3 Å². The van der Waals surface area contributed by atoms with Crippen molar-refractivity contribution in [2.45, 2.75) is 12.2 Å². The van der Waals surface area contributed by atoms with Crippen molar-refractivity contribution in [3.05, 3.63) is 95.6 Å². The molecule has 0 bridgehead atoms. The lowest BCUT2D eigenvalue weighted by Crippen LogP contribution is -2.46. The SMILES string of the molecule is Nc1ccccc1NC(=O)C=Cc1ccc(C(NCC(=O)N2CCOCC2)C(=O)Nc2ccc(C(F)(F)F)cc2)cc1. The summed E-state index contributed by atoms with van der Waals surface area (Å²) in [5.41, 5.74) is 7.28. The molecule has 1 heterocycles. The lowest BCUT2D eigenvalue weighted by molar-refractivity contribution is -0.137. The second kappa shape index (κ2) is 13.8. The highest BCUT2D eigenvalue weighted by atomic mass is 19.4. The molecule has 220 valence electrons. The van der Waals surface area contributed by atoms with Crippen LogP contribution in [0.15, 0.2) is 78.9 Å². The van der Waals surface area contributed by atoms with Crippen LogP contribution in [-0.2, 0) is 25.3 Å². The highest BCUT2D eigenvalue weighted by molar-refractivity contribution is 6.03. The van der Waals surface area contributed by atoms with Crippen LogP contribution in [0.1, 0.15) is 22.7 Å². The van der Waals surface area contributed by atoms with Gasteiger partial charge < -0.3 is 26.0 Å². The molecule has 4 rings (SSSR count). The first kappa shape index (κ1) is 30.3. The summed E-state index contributed by atoms with van der Waals surface area (Å²) < 4.78 is 44.1. The Morgan fingerprint density at radius 2 is 1.60 bits per heavy atom. The number of nitrogens with two attached hydrogens (primary N) is 1. The molecule has 1 aliphatic heterocycles. The molecule has 42 heavy (non-hydrogen) atoms. The summed E-state index contributed by atoms with van der Waals surface area (Å²) in [7, 11) is 0. The molecule has 0 aromatic heterocycles. The molecule has 9 nitrogen and oxygen atoms in total. The van der Waals surface area contributed by atoms with Gasteiger partial charge >= 0.3 is 6.18 Å². The van der Waals surface area contributed by atoms with E-state index in [1.165, 1.54) is 18.2 Å². The van der Waals surface area contributed by atoms with Gasteiger partial charge in [0.1, 0.15) is 6.04 Å². The first-order valence-corrected chi connectivity index (χ1v) is 13.1. The zero-order valence-electron chi connectivity index (χ0n) is 22.5. The molecule has 0 radical (unpaired) electrons. The maximum Gasteiger partial charge on any atom is 0.416 e. The lowest BCUT2D eigenvalue weighted by Gasteiger charge is -2.28. The molecule has 1 saturated heterocycles. The molecule has 1 aliphatic rings. The summed E-state index contributed by atoms with van der Waals surface area (Å²) in [4.78, 5) is 39.9. The van der Waals surface area contributed by atoms with E-state index in [9.17, 15) is 27.6 Å². The zero-order chi connectivity index (χ0) is 30.1. The Kier molecular flexibility index (Phi) is 9.94. The van der Waals surface area contributed by atoms with Crippen LogP contribution < -0.4 is 21.7 Å². The number of carbonyl (C=O) groups is 3. The quantitative estimate of drug-likeness (QED) is 0.223. The molecule has 0 saturated carbocycles. The molecular weight excluding hydrogens is 551 g/mol. The van der Waals surface area contributed by atoms with Crippen molar-refractivity contribution >= 4 is 40.9 Å². The predicted octanol–water partition coefficient (Wildman–Crippen LogP) is 4.07. The largest absolute Gasteiger partial charge is 0.416 e. The molecule has 3 aromatic rings. The molecule has 3 amide bonds. The van der Waals surface area contributed by atoms with Crippen LogP contribution in [0.5, 0.6) is 0 Å². The van der Waals surface area contributed by atoms with Gasteiger partial charge in [-0.15, -0.1) is 0 Å². The number of nitrogen functional groups attached to an aromatic ring is 1. The maximum atomic E-state index is 13.3. The first-order valence-electron chi connectivity index (χ1n) is 13.1. The van der Waals surface area contributed by atoms with Gasteiger partial charge in [-0.2, -0.15) is 13.2 Å². The molecule has 1 unspecified atom stereocenters. The van der Waals surface area contributed by atoms with Crippen molar-refractivity contribution in [3.8, 4) is 0 Å². The summed E-state index contributed by atoms with van der Waals surface area (Å²) in [6, 6.07) is 16.7. The summed E-state index contributed by atoms with van der Waals surface area (Å²) in [6.45, 7) is 1.59. The number of rotatable bonds is 9. The van der Waals surface area contributed by atoms with Gasteiger partial charge in [-0.1, -0.05) is 36.4 Å². The number of benzene rings is 3. The van der Waals surface area contributed by atoms with Gasteiger partial charge in [0.2, 0.25) is 17.7 Å². The smallest absolute Gasteiger partial charge is 0.397 e. The third-order valence-electron chi connectivity index (χ3n) is 6.48. The van der Waals surface area contributed by atoms with Crippen LogP contribution in [-0.4, -0.2) is 55.5 Å². The van der Waals surface area contributed by atoms with Crippen LogP contribution >= 0.6 is 0 Å². The van der Waals surface area contributed by atoms with E-state index < -0.39 is 23.7 Å². The number of nitrogens with one attached hydrogen (secondary N) is 3. The standard InChI is InChI=1S/C30H30F3N5O4/c31-30(32,33)22-10-12-23(13-11-22)36-29(41)28(35-19-27(40)38-15-17-42-18-16-38)21-8-5-20(6-9-21)7-14-26(39)37-25-4-2-1-3-24(25)34/h1-14,28,35H,15-19,34H2,(H,36,41)(H,37,39). The van der Waals surface area contributed by atoms with E-state index >= 15 is 0 Å². The normalized spacial score (nSPS) is 14.4. The number of amides is 3. The number of hydrogen-bond donors (Lipinski definition) is 4. The Balaban J connectivity index is 1.46. The summed E-state index contributed by atoms with van der Waals surface area (Å²) in [6.07, 6.45) is -1.57. The highest BCUT2D eigenvalue weighted by Gasteiger charge is 2.30. The van der Waals surface area contributed by atoms with E-state index in [0.717, 1.165) is 12.1 Å². The van der Waals surface area contributed by atoms with E-state index in [-0.39, 0.29) is 24.0 Å². The number of halogens is 3. The Morgan fingerprint density at radius 1 is 0.929 bits per heavy atom. The van der Waals surface area contributed by atoms with Gasteiger partial charge in [0.25, 0.3) is 0 Å². The number of alkyl halides is 3. The molecular formula is C30H30F3N5O4. The van der Waals surface area contributed by atoms with Gasteiger partial charge in [-0.25, -0.2) is 0 Å². The van der Waals surface area contributed by atoms with Crippen molar-refractivity contribution in [2.24, 2.45) is 0 Å². The van der Waals surface area contributed by atoms with Crippen molar-refractivity contribution in [2.75, 3.05) is 49.2 Å². The Hall–Kier alpha value is -4.68. The topological polar surface area (TPSA) is 126 Å². The van der Waals surface area contributed by atoms with Crippen LogP contribution in [0.25, 0.3) is 6.08 Å². The van der Waals surface area contributed by atoms with Gasteiger partial charge in [0.15, 0.2) is 0 Å². The van der Waals surface area contributed by atoms with Crippen molar-refractivity contribution in [1.29, 1.82) is 0 Å². The van der Waals surface area contributed by atoms with Crippen LogP contribution in [0.3, 0.4) is 0 Å². The third kappa shape index (κ3) is 8.41. The fraction of sp³-hybridized carbons (Fsp3) is 0.233. The average Bonchev–Trinajstić information content (AvgIpc) is 2.98. The Bertz CT molecular complexity index is 1420. The minimum absolute atomic E-state index is 0.143. The Labute approximate surface area is 240 Å². The minimum Gasteiger partial charge on any atom is -0.397 e.